The van der Waals surface area contributed by atoms with Crippen molar-refractivity contribution in [2.45, 2.75) is 6.18 Å². The van der Waals surface area contributed by atoms with Gasteiger partial charge in [-0.2, -0.15) is 13.2 Å². The maximum absolute atomic E-state index is 12.3. The fraction of sp³-hybridized carbons (Fsp3) is 0.353. The standard InChI is InChI=1S/C17H17F3N2O6/c1-26-15(24)12-7-28-9-22(13(12)16(25)27-2)11-5-3-4-10(6-11)14(23)21-8-17(18,19)20/h3-6H,7-9H2,1-2H3,(H,21,23). The third kappa shape index (κ3) is 5.00. The van der Waals surface area contributed by atoms with E-state index >= 15 is 0 Å². The van der Waals surface area contributed by atoms with E-state index in [0.29, 0.717) is 0 Å². The van der Waals surface area contributed by atoms with E-state index in [1.165, 1.54) is 29.2 Å². The predicted octanol–water partition coefficient (Wildman–Crippen LogP) is 1.37. The number of halogens is 3. The van der Waals surface area contributed by atoms with Crippen LogP contribution in [0.4, 0.5) is 18.9 Å². The van der Waals surface area contributed by atoms with Gasteiger partial charge in [0, 0.05) is 11.3 Å². The first-order chi connectivity index (χ1) is 13.2. The molecule has 0 aromatic heterocycles. The van der Waals surface area contributed by atoms with E-state index < -0.39 is 30.6 Å². The van der Waals surface area contributed by atoms with Crippen LogP contribution in [-0.2, 0) is 23.8 Å². The first kappa shape index (κ1) is 21.2. The maximum atomic E-state index is 12.3. The van der Waals surface area contributed by atoms with Gasteiger partial charge in [-0.15, -0.1) is 0 Å². The van der Waals surface area contributed by atoms with Gasteiger partial charge in [-0.05, 0) is 18.2 Å². The molecule has 0 bridgehead atoms. The number of carbonyl (C=O) groups is 3. The topological polar surface area (TPSA) is 94.2 Å². The summed E-state index contributed by atoms with van der Waals surface area (Å²) in [5.41, 5.74) is -0.0710. The lowest BCUT2D eigenvalue weighted by Gasteiger charge is -2.31. The monoisotopic (exact) mass is 402 g/mol. The average Bonchev–Trinajstić information content (AvgIpc) is 2.69. The number of alkyl halides is 3. The Morgan fingerprint density at radius 2 is 1.86 bits per heavy atom. The van der Waals surface area contributed by atoms with Crippen LogP contribution in [0.25, 0.3) is 0 Å². The minimum Gasteiger partial charge on any atom is -0.466 e. The van der Waals surface area contributed by atoms with Crippen molar-refractivity contribution in [3.8, 4) is 0 Å². The van der Waals surface area contributed by atoms with Gasteiger partial charge in [0.05, 0.1) is 26.4 Å². The fourth-order valence-corrected chi connectivity index (χ4v) is 2.44. The summed E-state index contributed by atoms with van der Waals surface area (Å²) in [5.74, 6) is -2.59. The quantitative estimate of drug-likeness (QED) is 0.744. The van der Waals surface area contributed by atoms with Gasteiger partial charge in [0.1, 0.15) is 19.0 Å². The molecule has 1 aromatic carbocycles. The van der Waals surface area contributed by atoms with E-state index in [4.69, 9.17) is 9.47 Å². The number of esters is 2. The molecule has 28 heavy (non-hydrogen) atoms. The Kier molecular flexibility index (Phi) is 6.62. The van der Waals surface area contributed by atoms with E-state index in [0.717, 1.165) is 14.2 Å². The van der Waals surface area contributed by atoms with Gasteiger partial charge in [0.2, 0.25) is 0 Å². The highest BCUT2D eigenvalue weighted by molar-refractivity contribution is 6.03. The van der Waals surface area contributed by atoms with E-state index in [-0.39, 0.29) is 35.9 Å². The Hall–Kier alpha value is -3.08. The fourth-order valence-electron chi connectivity index (χ4n) is 2.44. The second kappa shape index (κ2) is 8.74. The van der Waals surface area contributed by atoms with E-state index in [2.05, 4.69) is 4.74 Å². The van der Waals surface area contributed by atoms with Crippen LogP contribution in [0.3, 0.4) is 0 Å². The molecule has 1 aliphatic rings. The molecule has 0 saturated heterocycles. The minimum absolute atomic E-state index is 0.0730. The lowest BCUT2D eigenvalue weighted by molar-refractivity contribution is -0.140. The molecule has 1 aliphatic heterocycles. The van der Waals surface area contributed by atoms with Gasteiger partial charge in [0.25, 0.3) is 5.91 Å². The number of ether oxygens (including phenoxy) is 3. The Bertz CT molecular complexity index is 806. The number of methoxy groups -OCH3 is 2. The third-order valence-electron chi connectivity index (χ3n) is 3.70. The molecule has 0 aliphatic carbocycles. The zero-order valence-electron chi connectivity index (χ0n) is 15.0. The minimum atomic E-state index is -4.55. The van der Waals surface area contributed by atoms with Crippen LogP contribution >= 0.6 is 0 Å². The summed E-state index contributed by atoms with van der Waals surface area (Å²) >= 11 is 0. The molecule has 1 heterocycles. The van der Waals surface area contributed by atoms with Gasteiger partial charge in [0.15, 0.2) is 0 Å². The second-order valence-electron chi connectivity index (χ2n) is 5.56. The summed E-state index contributed by atoms with van der Waals surface area (Å²) in [6.07, 6.45) is -4.55. The SMILES string of the molecule is COC(=O)C1=C(C(=O)OC)N(c2cccc(C(=O)NCC(F)(F)F)c2)COC1. The van der Waals surface area contributed by atoms with Crippen molar-refractivity contribution in [1.82, 2.24) is 5.32 Å². The summed E-state index contributed by atoms with van der Waals surface area (Å²) in [5, 5.41) is 1.76. The van der Waals surface area contributed by atoms with Crippen molar-refractivity contribution in [2.75, 3.05) is 39.0 Å². The molecule has 0 spiro atoms. The second-order valence-corrected chi connectivity index (χ2v) is 5.56. The predicted molar refractivity (Wildman–Crippen MR) is 89.2 cm³/mol. The summed E-state index contributed by atoms with van der Waals surface area (Å²) in [4.78, 5) is 37.4. The van der Waals surface area contributed by atoms with Crippen molar-refractivity contribution in [2.24, 2.45) is 0 Å². The van der Waals surface area contributed by atoms with E-state index in [9.17, 15) is 27.6 Å². The van der Waals surface area contributed by atoms with Gasteiger partial charge < -0.3 is 24.4 Å². The molecular weight excluding hydrogens is 385 g/mol. The number of hydrogen-bond donors (Lipinski definition) is 1. The zero-order valence-corrected chi connectivity index (χ0v) is 15.0. The van der Waals surface area contributed by atoms with E-state index in [1.807, 2.05) is 0 Å². The molecule has 2 rings (SSSR count). The summed E-state index contributed by atoms with van der Waals surface area (Å²) in [6, 6.07) is 5.48. The molecule has 1 N–H and O–H groups in total. The highest BCUT2D eigenvalue weighted by Gasteiger charge is 2.33. The van der Waals surface area contributed by atoms with E-state index in [1.54, 1.807) is 5.32 Å². The highest BCUT2D eigenvalue weighted by atomic mass is 19.4. The largest absolute Gasteiger partial charge is 0.466 e. The smallest absolute Gasteiger partial charge is 0.405 e. The van der Waals surface area contributed by atoms with Crippen molar-refractivity contribution in [3.05, 3.63) is 41.1 Å². The van der Waals surface area contributed by atoms with Crippen molar-refractivity contribution < 1.29 is 41.8 Å². The number of benzene rings is 1. The normalized spacial score (nSPS) is 14.5. The van der Waals surface area contributed by atoms with Crippen molar-refractivity contribution in [1.29, 1.82) is 0 Å². The molecule has 0 atom stereocenters. The van der Waals surface area contributed by atoms with Crippen molar-refractivity contribution in [3.63, 3.8) is 0 Å². The first-order valence-corrected chi connectivity index (χ1v) is 7.88. The number of nitrogens with one attached hydrogen (secondary N) is 1. The van der Waals surface area contributed by atoms with Crippen LogP contribution in [0, 0.1) is 0 Å². The van der Waals surface area contributed by atoms with Gasteiger partial charge >= 0.3 is 18.1 Å². The molecule has 1 amide bonds. The van der Waals surface area contributed by atoms with Crippen LogP contribution in [0.15, 0.2) is 35.5 Å². The van der Waals surface area contributed by atoms with Gasteiger partial charge in [-0.3, -0.25) is 4.79 Å². The van der Waals surface area contributed by atoms with Crippen molar-refractivity contribution >= 4 is 23.5 Å². The number of hydrogen-bond acceptors (Lipinski definition) is 7. The number of nitrogens with zero attached hydrogens (tertiary/aromatic N) is 1. The number of carbonyl (C=O) groups excluding carboxylic acids is 3. The van der Waals surface area contributed by atoms with Crippen LogP contribution in [0.1, 0.15) is 10.4 Å². The Morgan fingerprint density at radius 3 is 2.46 bits per heavy atom. The van der Waals surface area contributed by atoms with Crippen LogP contribution in [0.5, 0.6) is 0 Å². The van der Waals surface area contributed by atoms with Crippen LogP contribution < -0.4 is 10.2 Å². The molecular formula is C17H17F3N2O6. The van der Waals surface area contributed by atoms with Gasteiger partial charge in [-0.25, -0.2) is 9.59 Å². The molecule has 1 aromatic rings. The molecule has 0 radical (unpaired) electrons. The zero-order chi connectivity index (χ0) is 20.9. The molecule has 0 unspecified atom stereocenters. The van der Waals surface area contributed by atoms with Crippen LogP contribution in [0.2, 0.25) is 0 Å². The molecule has 8 nitrogen and oxygen atoms in total. The number of amides is 1. The summed E-state index contributed by atoms with van der Waals surface area (Å²) < 4.78 is 51.5. The average molecular weight is 402 g/mol. The Labute approximate surface area is 157 Å². The lowest BCUT2D eigenvalue weighted by atomic mass is 10.1. The molecule has 0 saturated carbocycles. The highest BCUT2D eigenvalue weighted by Crippen LogP contribution is 2.27. The first-order valence-electron chi connectivity index (χ1n) is 7.88. The number of anilines is 1. The molecule has 11 heteroatoms. The molecule has 0 fully saturated rings. The Balaban J connectivity index is 2.38. The summed E-state index contributed by atoms with van der Waals surface area (Å²) in [7, 11) is 2.26. The number of rotatable bonds is 5. The Morgan fingerprint density at radius 1 is 1.18 bits per heavy atom. The summed E-state index contributed by atoms with van der Waals surface area (Å²) in [6.45, 7) is -1.83. The lowest BCUT2D eigenvalue weighted by Crippen LogP contribution is -2.39. The van der Waals surface area contributed by atoms with Gasteiger partial charge in [-0.1, -0.05) is 6.07 Å². The third-order valence-corrected chi connectivity index (χ3v) is 3.70. The maximum Gasteiger partial charge on any atom is 0.405 e. The molecule has 152 valence electrons. The van der Waals surface area contributed by atoms with Crippen LogP contribution in [-0.4, -0.2) is 58.1 Å².